The van der Waals surface area contributed by atoms with E-state index in [0.29, 0.717) is 27.9 Å². The molecule has 3 aromatic heterocycles. The number of halogens is 3. The zero-order chi connectivity index (χ0) is 33.6. The fraction of sp³-hybridized carbons (Fsp3) is 0.270. The molecule has 0 aliphatic rings. The second-order valence-electron chi connectivity index (χ2n) is 12.2. The second-order valence-corrected chi connectivity index (χ2v) is 12.2. The van der Waals surface area contributed by atoms with Gasteiger partial charge in [-0.05, 0) is 93.1 Å². The Kier molecular flexibility index (Phi) is 8.55. The summed E-state index contributed by atoms with van der Waals surface area (Å²) in [7, 11) is 0. The number of amides is 1. The van der Waals surface area contributed by atoms with Crippen molar-refractivity contribution in [3.8, 4) is 11.1 Å². The van der Waals surface area contributed by atoms with E-state index in [-0.39, 0.29) is 24.6 Å². The van der Waals surface area contributed by atoms with Crippen LogP contribution >= 0.6 is 0 Å². The molecule has 0 saturated heterocycles. The number of carbonyl (C=O) groups is 1. The van der Waals surface area contributed by atoms with Crippen LogP contribution in [0.3, 0.4) is 0 Å². The molecule has 0 radical (unpaired) electrons. The fourth-order valence-electron chi connectivity index (χ4n) is 5.28. The van der Waals surface area contributed by atoms with Gasteiger partial charge >= 0.3 is 6.18 Å². The van der Waals surface area contributed by atoms with Crippen molar-refractivity contribution in [3.05, 3.63) is 130 Å². The number of fused-ring (bicyclic) bond motifs is 1. The number of alkyl halides is 3. The van der Waals surface area contributed by atoms with E-state index in [2.05, 4.69) is 11.6 Å². The van der Waals surface area contributed by atoms with Crippen LogP contribution in [-0.4, -0.2) is 25.9 Å². The van der Waals surface area contributed by atoms with Crippen molar-refractivity contribution in [2.45, 2.75) is 66.2 Å². The number of aryl methyl sites for hydroxylation is 3. The summed E-state index contributed by atoms with van der Waals surface area (Å²) in [6.45, 7) is 14.8. The van der Waals surface area contributed by atoms with Crippen LogP contribution < -0.4 is 0 Å². The molecule has 1 N–H and O–H groups in total. The Morgan fingerprint density at radius 1 is 0.891 bits per heavy atom. The van der Waals surface area contributed by atoms with Crippen molar-refractivity contribution in [2.75, 3.05) is 0 Å². The molecule has 0 saturated carbocycles. The minimum atomic E-state index is -4.64. The summed E-state index contributed by atoms with van der Waals surface area (Å²) in [4.78, 5) is 25.2. The first kappa shape index (κ1) is 32.5. The molecule has 5 aromatic rings. The minimum absolute atomic E-state index is 0.00918. The average molecular weight is 628 g/mol. The SMILES string of the molecule is C=C(O)C(C)(C)c1cccc(-c2ccc(CN(Cc3ccc(C(F)(F)F)o3)C(=O)c3c(C)c(C)nc4cc(C)c(C)nc34)cc2)c1. The van der Waals surface area contributed by atoms with Gasteiger partial charge < -0.3 is 14.4 Å². The van der Waals surface area contributed by atoms with Gasteiger partial charge in [-0.15, -0.1) is 0 Å². The molecule has 0 aliphatic carbocycles. The lowest BCUT2D eigenvalue weighted by Gasteiger charge is -2.25. The lowest BCUT2D eigenvalue weighted by atomic mass is 9.82. The standard InChI is InChI=1S/C37H36F3N3O3/c1-21-17-31-34(42-23(21)3)33(22(2)24(4)41-31)35(45)43(20-30-15-16-32(46-30)37(38,39)40)19-26-11-13-27(14-12-26)28-9-8-10-29(18-28)36(6,7)25(5)44/h8-18,44H,5,19-20H2,1-4,6-7H3. The zero-order valence-electron chi connectivity index (χ0n) is 26.7. The van der Waals surface area contributed by atoms with Crippen LogP contribution in [0.4, 0.5) is 13.2 Å². The first-order valence-corrected chi connectivity index (χ1v) is 14.8. The highest BCUT2D eigenvalue weighted by molar-refractivity contribution is 6.06. The van der Waals surface area contributed by atoms with E-state index in [9.17, 15) is 23.1 Å². The van der Waals surface area contributed by atoms with Crippen LogP contribution in [0.25, 0.3) is 22.2 Å². The molecule has 0 atom stereocenters. The Balaban J connectivity index is 1.53. The van der Waals surface area contributed by atoms with E-state index in [1.54, 1.807) is 6.92 Å². The minimum Gasteiger partial charge on any atom is -0.512 e. The first-order valence-electron chi connectivity index (χ1n) is 14.8. The number of hydrogen-bond acceptors (Lipinski definition) is 5. The van der Waals surface area contributed by atoms with Crippen LogP contribution in [0.5, 0.6) is 0 Å². The summed E-state index contributed by atoms with van der Waals surface area (Å²) in [6.07, 6.45) is -4.64. The Labute approximate surface area is 266 Å². The summed E-state index contributed by atoms with van der Waals surface area (Å²) >= 11 is 0. The maximum atomic E-state index is 14.4. The number of rotatable bonds is 8. The van der Waals surface area contributed by atoms with Crippen LogP contribution in [0.15, 0.2) is 83.5 Å². The third-order valence-corrected chi connectivity index (χ3v) is 8.64. The molecule has 0 bridgehead atoms. The molecule has 2 aromatic carbocycles. The number of hydrogen-bond donors (Lipinski definition) is 1. The van der Waals surface area contributed by atoms with Crippen molar-refractivity contribution in [1.29, 1.82) is 0 Å². The van der Waals surface area contributed by atoms with Crippen molar-refractivity contribution in [1.82, 2.24) is 14.9 Å². The van der Waals surface area contributed by atoms with E-state index < -0.39 is 23.3 Å². The monoisotopic (exact) mass is 627 g/mol. The van der Waals surface area contributed by atoms with Gasteiger partial charge in [0.2, 0.25) is 5.76 Å². The lowest BCUT2D eigenvalue weighted by molar-refractivity contribution is -0.153. The Morgan fingerprint density at radius 2 is 1.59 bits per heavy atom. The number of aromatic nitrogens is 2. The molecule has 5 rings (SSSR count). The normalized spacial score (nSPS) is 12.0. The Bertz CT molecular complexity index is 1950. The number of pyridine rings is 2. The van der Waals surface area contributed by atoms with Crippen LogP contribution in [0.2, 0.25) is 0 Å². The van der Waals surface area contributed by atoms with Gasteiger partial charge in [-0.25, -0.2) is 0 Å². The van der Waals surface area contributed by atoms with E-state index in [0.717, 1.165) is 39.6 Å². The van der Waals surface area contributed by atoms with Crippen LogP contribution in [0, 0.1) is 27.7 Å². The maximum absolute atomic E-state index is 14.4. The van der Waals surface area contributed by atoms with E-state index in [4.69, 9.17) is 9.40 Å². The summed E-state index contributed by atoms with van der Waals surface area (Å²) in [5, 5.41) is 10.1. The maximum Gasteiger partial charge on any atom is 0.449 e. The highest BCUT2D eigenvalue weighted by atomic mass is 19.4. The molecule has 3 heterocycles. The van der Waals surface area contributed by atoms with Gasteiger partial charge in [0.25, 0.3) is 5.91 Å². The van der Waals surface area contributed by atoms with Gasteiger partial charge in [0, 0.05) is 23.3 Å². The number of carbonyl (C=O) groups excluding carboxylic acids is 1. The van der Waals surface area contributed by atoms with E-state index in [1.165, 1.54) is 11.0 Å². The fourth-order valence-corrected chi connectivity index (χ4v) is 5.28. The highest BCUT2D eigenvalue weighted by Crippen LogP contribution is 2.34. The van der Waals surface area contributed by atoms with Crippen molar-refractivity contribution < 1.29 is 27.5 Å². The first-order chi connectivity index (χ1) is 21.6. The van der Waals surface area contributed by atoms with Gasteiger partial charge in [0.05, 0.1) is 23.4 Å². The van der Waals surface area contributed by atoms with E-state index >= 15 is 0 Å². The topological polar surface area (TPSA) is 79.5 Å². The third kappa shape index (κ3) is 6.40. The smallest absolute Gasteiger partial charge is 0.449 e. The number of aliphatic hydroxyl groups excluding tert-OH is 1. The number of allylic oxidation sites excluding steroid dienone is 1. The van der Waals surface area contributed by atoms with Gasteiger partial charge in [-0.2, -0.15) is 13.2 Å². The average Bonchev–Trinajstić information content (AvgIpc) is 3.48. The number of furan rings is 1. The molecule has 0 spiro atoms. The third-order valence-electron chi connectivity index (χ3n) is 8.64. The van der Waals surface area contributed by atoms with Gasteiger partial charge in [-0.1, -0.05) is 55.1 Å². The predicted molar refractivity (Wildman–Crippen MR) is 172 cm³/mol. The zero-order valence-corrected chi connectivity index (χ0v) is 26.7. The van der Waals surface area contributed by atoms with Gasteiger partial charge in [0.15, 0.2) is 0 Å². The predicted octanol–water partition coefficient (Wildman–Crippen LogP) is 9.33. The molecule has 9 heteroatoms. The lowest BCUT2D eigenvalue weighted by Crippen LogP contribution is -2.31. The van der Waals surface area contributed by atoms with Crippen LogP contribution in [0.1, 0.15) is 69.4 Å². The molecule has 0 aliphatic heterocycles. The van der Waals surface area contributed by atoms with Gasteiger partial charge in [0.1, 0.15) is 11.3 Å². The molecule has 46 heavy (non-hydrogen) atoms. The van der Waals surface area contributed by atoms with Crippen molar-refractivity contribution in [2.24, 2.45) is 0 Å². The number of aliphatic hydroxyl groups is 1. The van der Waals surface area contributed by atoms with Crippen molar-refractivity contribution >= 4 is 16.9 Å². The summed E-state index contributed by atoms with van der Waals surface area (Å²) in [5.74, 6) is -1.44. The van der Waals surface area contributed by atoms with Crippen molar-refractivity contribution in [3.63, 3.8) is 0 Å². The van der Waals surface area contributed by atoms with Gasteiger partial charge in [-0.3, -0.25) is 14.8 Å². The molecular formula is C37H36F3N3O3. The molecule has 0 unspecified atom stereocenters. The number of nitrogens with zero attached hydrogens (tertiary/aromatic N) is 3. The quantitative estimate of drug-likeness (QED) is 0.174. The molecule has 6 nitrogen and oxygen atoms in total. The Hall–Kier alpha value is -4.92. The van der Waals surface area contributed by atoms with E-state index in [1.807, 2.05) is 89.2 Å². The molecule has 238 valence electrons. The molecule has 1 amide bonds. The second kappa shape index (κ2) is 12.1. The largest absolute Gasteiger partial charge is 0.512 e. The Morgan fingerprint density at radius 3 is 2.22 bits per heavy atom. The number of benzene rings is 2. The summed E-state index contributed by atoms with van der Waals surface area (Å²) < 4.78 is 45.2. The summed E-state index contributed by atoms with van der Waals surface area (Å²) in [5.41, 5.74) is 7.29. The molecular weight excluding hydrogens is 591 g/mol. The summed E-state index contributed by atoms with van der Waals surface area (Å²) in [6, 6.07) is 19.5. The highest BCUT2D eigenvalue weighted by Gasteiger charge is 2.35. The van der Waals surface area contributed by atoms with Crippen LogP contribution in [-0.2, 0) is 24.7 Å². The molecule has 0 fully saturated rings.